The number of halogens is 2. The second-order valence-electron chi connectivity index (χ2n) is 4.07. The van der Waals surface area contributed by atoms with Gasteiger partial charge < -0.3 is 10.1 Å². The number of carbonyl (C=O) groups is 1. The smallest absolute Gasteiger partial charge is 0.256 e. The van der Waals surface area contributed by atoms with Gasteiger partial charge in [0.05, 0.1) is 24.1 Å². The van der Waals surface area contributed by atoms with E-state index < -0.39 is 0 Å². The van der Waals surface area contributed by atoms with Gasteiger partial charge in [0.1, 0.15) is 10.4 Å². The molecule has 1 heterocycles. The second-order valence-corrected chi connectivity index (χ2v) is 5.73. The first-order chi connectivity index (χ1) is 9.51. The number of aromatic nitrogens is 1. The number of rotatable bonds is 3. The number of aryl methyl sites for hydroxylation is 1. The third-order valence-corrected chi connectivity index (χ3v) is 3.85. The molecule has 0 saturated carbocycles. The van der Waals surface area contributed by atoms with Gasteiger partial charge in [-0.05, 0) is 69.1 Å². The molecule has 2 aromatic rings. The summed E-state index contributed by atoms with van der Waals surface area (Å²) in [6.07, 6.45) is 0. The lowest BCUT2D eigenvalue weighted by molar-refractivity contribution is 0.102. The van der Waals surface area contributed by atoms with Crippen LogP contribution in [-0.2, 0) is 0 Å². The van der Waals surface area contributed by atoms with Gasteiger partial charge in [-0.3, -0.25) is 4.79 Å². The van der Waals surface area contributed by atoms with Crippen LogP contribution < -0.4 is 10.1 Å². The van der Waals surface area contributed by atoms with E-state index >= 15 is 0 Å². The van der Waals surface area contributed by atoms with E-state index in [1.54, 1.807) is 37.4 Å². The predicted molar refractivity (Wildman–Crippen MR) is 85.3 cm³/mol. The minimum absolute atomic E-state index is 0.219. The standard InChI is InChI=1S/C14H12Br2N2O2/c1-8-12(5-6-13(16)17-8)18-14(19)10-7-9(20-2)3-4-11(10)15/h3-7H,1-2H3,(H,18,19). The van der Waals surface area contributed by atoms with Crippen molar-refractivity contribution in [2.45, 2.75) is 6.92 Å². The minimum Gasteiger partial charge on any atom is -0.497 e. The fraction of sp³-hybridized carbons (Fsp3) is 0.143. The summed E-state index contributed by atoms with van der Waals surface area (Å²) in [7, 11) is 1.56. The monoisotopic (exact) mass is 398 g/mol. The summed E-state index contributed by atoms with van der Waals surface area (Å²) in [5.41, 5.74) is 1.92. The highest BCUT2D eigenvalue weighted by atomic mass is 79.9. The highest BCUT2D eigenvalue weighted by Crippen LogP contribution is 2.24. The topological polar surface area (TPSA) is 51.2 Å². The van der Waals surface area contributed by atoms with Gasteiger partial charge in [0.25, 0.3) is 5.91 Å². The second kappa shape index (κ2) is 6.37. The van der Waals surface area contributed by atoms with Crippen LogP contribution in [0.5, 0.6) is 5.75 Å². The molecule has 0 fully saturated rings. The molecular formula is C14H12Br2N2O2. The lowest BCUT2D eigenvalue weighted by Crippen LogP contribution is -2.14. The highest BCUT2D eigenvalue weighted by Gasteiger charge is 2.13. The van der Waals surface area contributed by atoms with Gasteiger partial charge >= 0.3 is 0 Å². The van der Waals surface area contributed by atoms with Crippen molar-refractivity contribution >= 4 is 43.5 Å². The number of carbonyl (C=O) groups excluding carboxylic acids is 1. The zero-order chi connectivity index (χ0) is 14.7. The summed E-state index contributed by atoms with van der Waals surface area (Å²) in [5, 5.41) is 2.84. The first-order valence-electron chi connectivity index (χ1n) is 5.79. The lowest BCUT2D eigenvalue weighted by Gasteiger charge is -2.10. The Morgan fingerprint density at radius 2 is 2.00 bits per heavy atom. The molecule has 0 aliphatic carbocycles. The van der Waals surface area contributed by atoms with Crippen molar-refractivity contribution in [3.8, 4) is 5.75 Å². The molecule has 104 valence electrons. The summed E-state index contributed by atoms with van der Waals surface area (Å²) in [6, 6.07) is 8.83. The van der Waals surface area contributed by atoms with Gasteiger partial charge in [0, 0.05) is 4.47 Å². The molecule has 20 heavy (non-hydrogen) atoms. The van der Waals surface area contributed by atoms with Crippen LogP contribution in [0.2, 0.25) is 0 Å². The molecular weight excluding hydrogens is 388 g/mol. The highest BCUT2D eigenvalue weighted by molar-refractivity contribution is 9.10. The van der Waals surface area contributed by atoms with Crippen LogP contribution in [0, 0.1) is 6.92 Å². The molecule has 2 rings (SSSR count). The minimum atomic E-state index is -0.219. The SMILES string of the molecule is COc1ccc(Br)c(C(=O)Nc2ccc(Br)nc2C)c1. The van der Waals surface area contributed by atoms with E-state index in [0.717, 1.165) is 10.3 Å². The summed E-state index contributed by atoms with van der Waals surface area (Å²) >= 11 is 6.65. The van der Waals surface area contributed by atoms with Crippen molar-refractivity contribution in [1.82, 2.24) is 4.98 Å². The Labute approximate surface area is 133 Å². The summed E-state index contributed by atoms with van der Waals surface area (Å²) in [5.74, 6) is 0.409. The number of hydrogen-bond donors (Lipinski definition) is 1. The average molecular weight is 400 g/mol. The molecule has 1 N–H and O–H groups in total. The average Bonchev–Trinajstić information content (AvgIpc) is 2.42. The maximum atomic E-state index is 12.3. The number of methoxy groups -OCH3 is 1. The Morgan fingerprint density at radius 3 is 2.65 bits per heavy atom. The number of nitrogens with zero attached hydrogens (tertiary/aromatic N) is 1. The Hall–Kier alpha value is -1.40. The summed E-state index contributed by atoms with van der Waals surface area (Å²) in [6.45, 7) is 1.83. The zero-order valence-corrected chi connectivity index (χ0v) is 14.1. The van der Waals surface area contributed by atoms with Crippen LogP contribution >= 0.6 is 31.9 Å². The first kappa shape index (κ1) is 15.0. The van der Waals surface area contributed by atoms with Crippen LogP contribution in [-0.4, -0.2) is 18.0 Å². The first-order valence-corrected chi connectivity index (χ1v) is 7.38. The van der Waals surface area contributed by atoms with Crippen molar-refractivity contribution in [3.63, 3.8) is 0 Å². The van der Waals surface area contributed by atoms with Gasteiger partial charge in [0.15, 0.2) is 0 Å². The number of anilines is 1. The fourth-order valence-electron chi connectivity index (χ4n) is 1.66. The zero-order valence-electron chi connectivity index (χ0n) is 10.9. The normalized spacial score (nSPS) is 10.2. The van der Waals surface area contributed by atoms with Crippen LogP contribution in [0.25, 0.3) is 0 Å². The molecule has 0 spiro atoms. The van der Waals surface area contributed by atoms with Crippen molar-refractivity contribution < 1.29 is 9.53 Å². The lowest BCUT2D eigenvalue weighted by atomic mass is 10.2. The van der Waals surface area contributed by atoms with Gasteiger partial charge in [-0.25, -0.2) is 4.98 Å². The Bertz CT molecular complexity index is 660. The molecule has 0 unspecified atom stereocenters. The largest absolute Gasteiger partial charge is 0.497 e. The molecule has 1 amide bonds. The molecule has 6 heteroatoms. The van der Waals surface area contributed by atoms with Crippen molar-refractivity contribution in [2.24, 2.45) is 0 Å². The molecule has 4 nitrogen and oxygen atoms in total. The van der Waals surface area contributed by atoms with E-state index in [9.17, 15) is 4.79 Å². The van der Waals surface area contributed by atoms with Crippen LogP contribution in [0.15, 0.2) is 39.4 Å². The number of nitrogens with one attached hydrogen (secondary N) is 1. The number of pyridine rings is 1. The van der Waals surface area contributed by atoms with E-state index in [4.69, 9.17) is 4.74 Å². The van der Waals surface area contributed by atoms with Gasteiger partial charge in [-0.2, -0.15) is 0 Å². The van der Waals surface area contributed by atoms with Crippen LogP contribution in [0.1, 0.15) is 16.1 Å². The Balaban J connectivity index is 2.28. The van der Waals surface area contributed by atoms with E-state index in [1.165, 1.54) is 0 Å². The molecule has 0 bridgehead atoms. The van der Waals surface area contributed by atoms with E-state index in [-0.39, 0.29) is 5.91 Å². The predicted octanol–water partition coefficient (Wildman–Crippen LogP) is 4.18. The van der Waals surface area contributed by atoms with Gasteiger partial charge in [0.2, 0.25) is 0 Å². The van der Waals surface area contributed by atoms with Crippen LogP contribution in [0.3, 0.4) is 0 Å². The molecule has 0 aliphatic heterocycles. The third kappa shape index (κ3) is 3.37. The number of hydrogen-bond acceptors (Lipinski definition) is 3. The number of amides is 1. The number of benzene rings is 1. The van der Waals surface area contributed by atoms with E-state index in [1.807, 2.05) is 6.92 Å². The molecule has 0 aliphatic rings. The molecule has 0 atom stereocenters. The van der Waals surface area contributed by atoms with Crippen molar-refractivity contribution in [1.29, 1.82) is 0 Å². The molecule has 0 saturated heterocycles. The Kier molecular flexibility index (Phi) is 4.77. The van der Waals surface area contributed by atoms with Crippen LogP contribution in [0.4, 0.5) is 5.69 Å². The Morgan fingerprint density at radius 1 is 1.25 bits per heavy atom. The van der Waals surface area contributed by atoms with Crippen molar-refractivity contribution in [3.05, 3.63) is 50.7 Å². The molecule has 1 aromatic heterocycles. The fourth-order valence-corrected chi connectivity index (χ4v) is 2.48. The maximum Gasteiger partial charge on any atom is 0.256 e. The number of ether oxygens (including phenoxy) is 1. The third-order valence-electron chi connectivity index (χ3n) is 2.72. The maximum absolute atomic E-state index is 12.3. The molecule has 1 aromatic carbocycles. The van der Waals surface area contributed by atoms with Gasteiger partial charge in [-0.1, -0.05) is 0 Å². The van der Waals surface area contributed by atoms with Crippen molar-refractivity contribution in [2.75, 3.05) is 12.4 Å². The van der Waals surface area contributed by atoms with E-state index in [2.05, 4.69) is 42.2 Å². The summed E-state index contributed by atoms with van der Waals surface area (Å²) < 4.78 is 6.57. The quantitative estimate of drug-likeness (QED) is 0.787. The van der Waals surface area contributed by atoms with Gasteiger partial charge in [-0.15, -0.1) is 0 Å². The van der Waals surface area contributed by atoms with E-state index in [0.29, 0.717) is 21.5 Å². The molecule has 0 radical (unpaired) electrons. The summed E-state index contributed by atoms with van der Waals surface area (Å²) in [4.78, 5) is 16.5.